The van der Waals surface area contributed by atoms with Crippen molar-refractivity contribution < 1.29 is 38.4 Å². The minimum absolute atomic E-state index is 0.00701. The van der Waals surface area contributed by atoms with Crippen molar-refractivity contribution in [3.05, 3.63) is 11.6 Å². The van der Waals surface area contributed by atoms with Crippen LogP contribution in [-0.2, 0) is 33.3 Å². The number of methoxy groups -OCH3 is 2. The summed E-state index contributed by atoms with van der Waals surface area (Å²) in [4.78, 5) is 24.4. The number of carbonyl (C=O) groups is 2. The van der Waals surface area contributed by atoms with Crippen molar-refractivity contribution >= 4 is 12.3 Å². The van der Waals surface area contributed by atoms with Gasteiger partial charge < -0.3 is 33.6 Å². The molecule has 8 nitrogen and oxygen atoms in total. The van der Waals surface area contributed by atoms with E-state index in [1.165, 1.54) is 0 Å². The number of carbonyl (C=O) groups excluding carboxylic acids is 2. The molecule has 2 aliphatic heterocycles. The SMILES string of the molecule is COC1CC(=CC2C3CC4OCOC4CC3[C@H](O)C3COC(=O)[C@H]23)CC(OC)C1C=O. The van der Waals surface area contributed by atoms with E-state index >= 15 is 0 Å². The van der Waals surface area contributed by atoms with Crippen LogP contribution in [0.2, 0.25) is 0 Å². The van der Waals surface area contributed by atoms with Gasteiger partial charge in [-0.15, -0.1) is 0 Å². The van der Waals surface area contributed by atoms with Crippen molar-refractivity contribution in [1.29, 1.82) is 0 Å². The lowest BCUT2D eigenvalue weighted by Gasteiger charge is -2.50. The summed E-state index contributed by atoms with van der Waals surface area (Å²) in [6, 6.07) is 0. The minimum atomic E-state index is -0.578. The number of cyclic esters (lactones) is 1. The Bertz CT molecular complexity index is 721. The summed E-state index contributed by atoms with van der Waals surface area (Å²) in [5.74, 6) is -0.964. The number of aliphatic hydroxyl groups is 1. The summed E-state index contributed by atoms with van der Waals surface area (Å²) in [6.07, 6.45) is 4.84. The van der Waals surface area contributed by atoms with Crippen molar-refractivity contribution in [2.24, 2.45) is 35.5 Å². The average molecular weight is 437 g/mol. The van der Waals surface area contributed by atoms with Crippen LogP contribution in [-0.4, -0.2) is 75.5 Å². The van der Waals surface area contributed by atoms with Gasteiger partial charge in [-0.2, -0.15) is 0 Å². The van der Waals surface area contributed by atoms with Crippen molar-refractivity contribution in [2.45, 2.75) is 56.2 Å². The van der Waals surface area contributed by atoms with Crippen LogP contribution in [0.5, 0.6) is 0 Å². The normalized spacial score (nSPS) is 49.1. The first-order chi connectivity index (χ1) is 15.0. The van der Waals surface area contributed by atoms with E-state index < -0.39 is 6.10 Å². The third-order valence-electron chi connectivity index (χ3n) is 8.45. The molecule has 2 saturated heterocycles. The van der Waals surface area contributed by atoms with E-state index in [9.17, 15) is 14.7 Å². The number of rotatable bonds is 4. The van der Waals surface area contributed by atoms with Crippen LogP contribution in [0.4, 0.5) is 0 Å². The second-order valence-corrected chi connectivity index (χ2v) is 9.71. The molecule has 1 N–H and O–H groups in total. The molecule has 0 aromatic carbocycles. The summed E-state index contributed by atoms with van der Waals surface area (Å²) in [5, 5.41) is 11.1. The third-order valence-corrected chi connectivity index (χ3v) is 8.45. The maximum Gasteiger partial charge on any atom is 0.310 e. The number of hydrogen-bond acceptors (Lipinski definition) is 8. The Morgan fingerprint density at radius 1 is 0.968 bits per heavy atom. The molecule has 8 heteroatoms. The predicted octanol–water partition coefficient (Wildman–Crippen LogP) is 1.10. The molecule has 2 heterocycles. The summed E-state index contributed by atoms with van der Waals surface area (Å²) >= 11 is 0. The standard InChI is InChI=1S/C23H32O8/c1-27-17-4-11(5-18(28-2)15(17)8-24)3-13-12-6-19-20(31-10-30-19)7-14(12)22(25)16-9-29-23(26)21(13)16/h3,8,12-22,25H,4-7,9-10H2,1-2H3/t12?,13?,14?,15?,16?,17?,18?,19?,20?,21-,22+/m1/s1. The van der Waals surface area contributed by atoms with Gasteiger partial charge in [0, 0.05) is 20.1 Å². The Hall–Kier alpha value is -1.32. The molecule has 31 heavy (non-hydrogen) atoms. The van der Waals surface area contributed by atoms with Crippen LogP contribution in [0, 0.1) is 35.5 Å². The highest BCUT2D eigenvalue weighted by Gasteiger charge is 2.59. The molecule has 8 unspecified atom stereocenters. The van der Waals surface area contributed by atoms with Gasteiger partial charge in [0.05, 0.1) is 49.0 Å². The molecule has 0 aromatic heterocycles. The number of aldehydes is 1. The lowest BCUT2D eigenvalue weighted by Crippen LogP contribution is -2.54. The van der Waals surface area contributed by atoms with Gasteiger partial charge in [-0.3, -0.25) is 4.79 Å². The summed E-state index contributed by atoms with van der Waals surface area (Å²) in [6.45, 7) is 0.567. The first kappa shape index (κ1) is 21.5. The first-order valence-electron chi connectivity index (χ1n) is 11.3. The van der Waals surface area contributed by atoms with Crippen molar-refractivity contribution in [1.82, 2.24) is 0 Å². The number of fused-ring (bicyclic) bond motifs is 3. The number of hydrogen-bond donors (Lipinski definition) is 1. The highest BCUT2D eigenvalue weighted by atomic mass is 16.7. The zero-order valence-corrected chi connectivity index (χ0v) is 18.1. The molecule has 0 amide bonds. The molecule has 0 bridgehead atoms. The zero-order valence-electron chi connectivity index (χ0n) is 18.1. The Morgan fingerprint density at radius 3 is 2.23 bits per heavy atom. The highest BCUT2D eigenvalue weighted by molar-refractivity contribution is 5.76. The van der Waals surface area contributed by atoms with E-state index in [0.717, 1.165) is 24.7 Å². The Labute approximate surface area is 182 Å². The van der Waals surface area contributed by atoms with Gasteiger partial charge >= 0.3 is 5.97 Å². The molecule has 3 aliphatic carbocycles. The summed E-state index contributed by atoms with van der Waals surface area (Å²) in [5.41, 5.74) is 1.14. The molecule has 10 atom stereocenters. The average Bonchev–Trinajstić information content (AvgIpc) is 3.41. The number of aliphatic hydroxyl groups excluding tert-OH is 1. The van der Waals surface area contributed by atoms with Crippen LogP contribution < -0.4 is 0 Å². The lowest BCUT2D eigenvalue weighted by molar-refractivity contribution is -0.147. The van der Waals surface area contributed by atoms with E-state index in [-0.39, 0.29) is 72.5 Å². The first-order valence-corrected chi connectivity index (χ1v) is 11.3. The molecule has 5 aliphatic rings. The van der Waals surface area contributed by atoms with Gasteiger partial charge in [-0.05, 0) is 43.4 Å². The molecular weight excluding hydrogens is 404 g/mol. The van der Waals surface area contributed by atoms with E-state index in [2.05, 4.69) is 6.08 Å². The predicted molar refractivity (Wildman–Crippen MR) is 107 cm³/mol. The number of allylic oxidation sites excluding steroid dienone is 1. The van der Waals surface area contributed by atoms with E-state index in [1.54, 1.807) is 14.2 Å². The molecule has 0 radical (unpaired) electrons. The van der Waals surface area contributed by atoms with E-state index in [1.807, 2.05) is 0 Å². The second kappa shape index (κ2) is 8.56. The van der Waals surface area contributed by atoms with Gasteiger partial charge in [0.2, 0.25) is 0 Å². The largest absolute Gasteiger partial charge is 0.465 e. The fourth-order valence-electron chi connectivity index (χ4n) is 6.88. The molecule has 0 spiro atoms. The van der Waals surface area contributed by atoms with Crippen LogP contribution in [0.3, 0.4) is 0 Å². The van der Waals surface area contributed by atoms with E-state index in [4.69, 9.17) is 23.7 Å². The van der Waals surface area contributed by atoms with Crippen molar-refractivity contribution in [2.75, 3.05) is 27.6 Å². The van der Waals surface area contributed by atoms with Crippen LogP contribution in [0.1, 0.15) is 25.7 Å². The minimum Gasteiger partial charge on any atom is -0.465 e. The Morgan fingerprint density at radius 2 is 1.61 bits per heavy atom. The van der Waals surface area contributed by atoms with Crippen LogP contribution >= 0.6 is 0 Å². The molecule has 3 saturated carbocycles. The van der Waals surface area contributed by atoms with Crippen LogP contribution in [0.25, 0.3) is 0 Å². The van der Waals surface area contributed by atoms with Crippen molar-refractivity contribution in [3.8, 4) is 0 Å². The monoisotopic (exact) mass is 436 g/mol. The Kier molecular flexibility index (Phi) is 5.94. The molecular formula is C23H32O8. The molecule has 172 valence electrons. The topological polar surface area (TPSA) is 101 Å². The van der Waals surface area contributed by atoms with Gasteiger partial charge in [0.15, 0.2) is 0 Å². The zero-order chi connectivity index (χ0) is 21.7. The second-order valence-electron chi connectivity index (χ2n) is 9.71. The fraction of sp³-hybridized carbons (Fsp3) is 0.826. The molecule has 5 rings (SSSR count). The number of esters is 1. The van der Waals surface area contributed by atoms with Gasteiger partial charge in [0.25, 0.3) is 0 Å². The number of ether oxygens (including phenoxy) is 5. The quantitative estimate of drug-likeness (QED) is 0.397. The maximum atomic E-state index is 12.7. The summed E-state index contributed by atoms with van der Waals surface area (Å²) < 4.78 is 28.2. The molecule has 0 aromatic rings. The summed E-state index contributed by atoms with van der Waals surface area (Å²) in [7, 11) is 3.24. The lowest BCUT2D eigenvalue weighted by atomic mass is 9.56. The van der Waals surface area contributed by atoms with Gasteiger partial charge in [-0.25, -0.2) is 0 Å². The Balaban J connectivity index is 1.47. The third kappa shape index (κ3) is 3.56. The maximum absolute atomic E-state index is 12.7. The van der Waals surface area contributed by atoms with Gasteiger partial charge in [-0.1, -0.05) is 11.6 Å². The van der Waals surface area contributed by atoms with Gasteiger partial charge in [0.1, 0.15) is 13.1 Å². The van der Waals surface area contributed by atoms with Crippen LogP contribution in [0.15, 0.2) is 11.6 Å². The molecule has 5 fully saturated rings. The highest BCUT2D eigenvalue weighted by Crippen LogP contribution is 2.54. The fourth-order valence-corrected chi connectivity index (χ4v) is 6.88. The smallest absolute Gasteiger partial charge is 0.310 e. The van der Waals surface area contributed by atoms with E-state index in [0.29, 0.717) is 19.6 Å². The van der Waals surface area contributed by atoms with Crippen molar-refractivity contribution in [3.63, 3.8) is 0 Å².